The van der Waals surface area contributed by atoms with Crippen LogP contribution in [0.4, 0.5) is 0 Å². The smallest absolute Gasteiger partial charge is 0.0931 e. The fraction of sp³-hybridized carbons (Fsp3) is 0.600. The van der Waals surface area contributed by atoms with Crippen molar-refractivity contribution in [3.8, 4) is 0 Å². The van der Waals surface area contributed by atoms with Gasteiger partial charge in [-0.2, -0.15) is 0 Å². The number of halogens is 1. The van der Waals surface area contributed by atoms with Crippen molar-refractivity contribution in [2.75, 3.05) is 6.54 Å². The minimum atomic E-state index is -0.110. The Morgan fingerprint density at radius 2 is 2.29 bits per heavy atom. The van der Waals surface area contributed by atoms with E-state index >= 15 is 0 Å². The van der Waals surface area contributed by atoms with E-state index in [-0.39, 0.29) is 5.54 Å². The van der Waals surface area contributed by atoms with E-state index < -0.39 is 0 Å². The van der Waals surface area contributed by atoms with Crippen LogP contribution in [-0.4, -0.2) is 12.1 Å². The lowest BCUT2D eigenvalue weighted by Crippen LogP contribution is -2.45. The molecule has 0 fully saturated rings. The minimum absolute atomic E-state index is 0.110. The second-order valence-corrected chi connectivity index (χ2v) is 5.62. The van der Waals surface area contributed by atoms with Gasteiger partial charge in [-0.15, -0.1) is 11.3 Å². The van der Waals surface area contributed by atoms with Gasteiger partial charge in [0.25, 0.3) is 0 Å². The summed E-state index contributed by atoms with van der Waals surface area (Å²) in [6.45, 7) is 5.84. The molecule has 1 aromatic rings. The molecule has 0 bridgehead atoms. The van der Waals surface area contributed by atoms with Crippen molar-refractivity contribution in [3.05, 3.63) is 21.3 Å². The Hall–Kier alpha value is -0.0900. The molecule has 1 unspecified atom stereocenters. The Morgan fingerprint density at radius 3 is 2.79 bits per heavy atom. The quantitative estimate of drug-likeness (QED) is 0.819. The first-order valence-corrected chi connectivity index (χ1v) is 5.97. The van der Waals surface area contributed by atoms with Crippen LogP contribution < -0.4 is 11.1 Å². The summed E-state index contributed by atoms with van der Waals surface area (Å²) in [5.74, 6) is 0. The van der Waals surface area contributed by atoms with E-state index in [2.05, 4.69) is 19.2 Å². The average molecular weight is 233 g/mol. The van der Waals surface area contributed by atoms with Crippen molar-refractivity contribution in [1.29, 1.82) is 0 Å². The normalized spacial score (nSPS) is 15.4. The molecule has 0 saturated heterocycles. The van der Waals surface area contributed by atoms with Gasteiger partial charge in [-0.1, -0.05) is 18.5 Å². The second kappa shape index (κ2) is 5.12. The molecule has 1 atom stereocenters. The lowest BCUT2D eigenvalue weighted by molar-refractivity contribution is 0.417. The van der Waals surface area contributed by atoms with Crippen molar-refractivity contribution in [3.63, 3.8) is 0 Å². The van der Waals surface area contributed by atoms with Gasteiger partial charge >= 0.3 is 0 Å². The maximum absolute atomic E-state index is 6.00. The molecule has 0 amide bonds. The van der Waals surface area contributed by atoms with E-state index in [1.165, 1.54) is 4.88 Å². The van der Waals surface area contributed by atoms with Gasteiger partial charge in [0.1, 0.15) is 0 Å². The van der Waals surface area contributed by atoms with Crippen LogP contribution in [0.2, 0.25) is 4.34 Å². The van der Waals surface area contributed by atoms with Crippen LogP contribution in [-0.2, 0) is 6.54 Å². The summed E-state index contributed by atoms with van der Waals surface area (Å²) in [6, 6.07) is 3.96. The first-order chi connectivity index (χ1) is 6.53. The molecule has 1 heterocycles. The highest BCUT2D eigenvalue weighted by Crippen LogP contribution is 2.21. The first-order valence-electron chi connectivity index (χ1n) is 4.77. The molecule has 0 aliphatic carbocycles. The van der Waals surface area contributed by atoms with Crippen LogP contribution in [0.25, 0.3) is 0 Å². The summed E-state index contributed by atoms with van der Waals surface area (Å²) in [4.78, 5) is 1.25. The summed E-state index contributed by atoms with van der Waals surface area (Å²) in [6.07, 6.45) is 0.977. The lowest BCUT2D eigenvalue weighted by Gasteiger charge is -2.22. The highest BCUT2D eigenvalue weighted by molar-refractivity contribution is 7.16. The molecule has 14 heavy (non-hydrogen) atoms. The third-order valence-corrected chi connectivity index (χ3v) is 3.50. The van der Waals surface area contributed by atoms with Crippen LogP contribution in [0.5, 0.6) is 0 Å². The Balaban J connectivity index is 2.28. The molecule has 0 aliphatic rings. The van der Waals surface area contributed by atoms with Gasteiger partial charge in [-0.05, 0) is 25.5 Å². The molecule has 1 aromatic heterocycles. The van der Waals surface area contributed by atoms with Gasteiger partial charge in [0, 0.05) is 23.5 Å². The van der Waals surface area contributed by atoms with Crippen molar-refractivity contribution in [2.24, 2.45) is 5.73 Å². The number of nitrogens with one attached hydrogen (secondary N) is 1. The van der Waals surface area contributed by atoms with Crippen LogP contribution in [0, 0.1) is 0 Å². The molecule has 2 nitrogen and oxygen atoms in total. The van der Waals surface area contributed by atoms with Crippen molar-refractivity contribution < 1.29 is 0 Å². The van der Waals surface area contributed by atoms with Crippen LogP contribution in [0.3, 0.4) is 0 Å². The van der Waals surface area contributed by atoms with E-state index in [1.807, 2.05) is 12.1 Å². The molecule has 0 radical (unpaired) electrons. The van der Waals surface area contributed by atoms with Gasteiger partial charge in [0.2, 0.25) is 0 Å². The largest absolute Gasteiger partial charge is 0.324 e. The monoisotopic (exact) mass is 232 g/mol. The lowest BCUT2D eigenvalue weighted by atomic mass is 10.0. The fourth-order valence-corrected chi connectivity index (χ4v) is 2.10. The van der Waals surface area contributed by atoms with E-state index in [4.69, 9.17) is 17.3 Å². The molecule has 0 aromatic carbocycles. The minimum Gasteiger partial charge on any atom is -0.324 e. The van der Waals surface area contributed by atoms with Gasteiger partial charge in [-0.3, -0.25) is 0 Å². The van der Waals surface area contributed by atoms with Crippen molar-refractivity contribution >= 4 is 22.9 Å². The molecule has 0 spiro atoms. The zero-order valence-electron chi connectivity index (χ0n) is 8.64. The maximum Gasteiger partial charge on any atom is 0.0931 e. The first kappa shape index (κ1) is 12.0. The highest BCUT2D eigenvalue weighted by atomic mass is 35.5. The molecule has 0 saturated carbocycles. The van der Waals surface area contributed by atoms with E-state index in [0.717, 1.165) is 23.8 Å². The highest BCUT2D eigenvalue weighted by Gasteiger charge is 2.14. The van der Waals surface area contributed by atoms with Crippen LogP contribution in [0.15, 0.2) is 12.1 Å². The van der Waals surface area contributed by atoms with Crippen LogP contribution in [0.1, 0.15) is 25.1 Å². The Bertz CT molecular complexity index is 283. The third-order valence-electron chi connectivity index (χ3n) is 2.26. The SMILES string of the molecule is CCC(C)(N)CNCc1ccc(Cl)s1. The predicted molar refractivity (Wildman–Crippen MR) is 63.9 cm³/mol. The summed E-state index contributed by atoms with van der Waals surface area (Å²) in [5.41, 5.74) is 5.89. The number of hydrogen-bond acceptors (Lipinski definition) is 3. The Labute approximate surface area is 94.5 Å². The number of rotatable bonds is 5. The van der Waals surface area contributed by atoms with Gasteiger partial charge in [0.15, 0.2) is 0 Å². The number of hydrogen-bond donors (Lipinski definition) is 2. The molecular formula is C10H17ClN2S. The number of nitrogens with two attached hydrogens (primary N) is 1. The molecule has 1 rings (SSSR count). The van der Waals surface area contributed by atoms with E-state index in [9.17, 15) is 0 Å². The predicted octanol–water partition coefficient (Wildman–Crippen LogP) is 2.62. The zero-order valence-corrected chi connectivity index (χ0v) is 10.2. The van der Waals surface area contributed by atoms with E-state index in [0.29, 0.717) is 0 Å². The van der Waals surface area contributed by atoms with Crippen molar-refractivity contribution in [2.45, 2.75) is 32.4 Å². The standard InChI is InChI=1S/C10H17ClN2S/c1-3-10(2,12)7-13-6-8-4-5-9(11)14-8/h4-5,13H,3,6-7,12H2,1-2H3. The van der Waals surface area contributed by atoms with E-state index in [1.54, 1.807) is 11.3 Å². The zero-order chi connectivity index (χ0) is 10.6. The summed E-state index contributed by atoms with van der Waals surface area (Å²) in [5, 5.41) is 3.33. The molecule has 80 valence electrons. The molecule has 0 aliphatic heterocycles. The van der Waals surface area contributed by atoms with Gasteiger partial charge in [0.05, 0.1) is 4.34 Å². The molecular weight excluding hydrogens is 216 g/mol. The van der Waals surface area contributed by atoms with Gasteiger partial charge in [-0.25, -0.2) is 0 Å². The number of thiophene rings is 1. The van der Waals surface area contributed by atoms with Crippen molar-refractivity contribution in [1.82, 2.24) is 5.32 Å². The fourth-order valence-electron chi connectivity index (χ4n) is 1.04. The summed E-state index contributed by atoms with van der Waals surface area (Å²) >= 11 is 7.43. The third kappa shape index (κ3) is 3.96. The summed E-state index contributed by atoms with van der Waals surface area (Å²) in [7, 11) is 0. The Kier molecular flexibility index (Phi) is 4.38. The van der Waals surface area contributed by atoms with Gasteiger partial charge < -0.3 is 11.1 Å². The average Bonchev–Trinajstić information content (AvgIpc) is 2.51. The van der Waals surface area contributed by atoms with Crippen LogP contribution >= 0.6 is 22.9 Å². The Morgan fingerprint density at radius 1 is 1.57 bits per heavy atom. The molecule has 4 heteroatoms. The molecule has 3 N–H and O–H groups in total. The summed E-state index contributed by atoms with van der Waals surface area (Å²) < 4.78 is 0.841. The topological polar surface area (TPSA) is 38.0 Å². The maximum atomic E-state index is 6.00. The second-order valence-electron chi connectivity index (χ2n) is 3.82.